The summed E-state index contributed by atoms with van der Waals surface area (Å²) in [5.74, 6) is -0.227. The number of carbonyl (C=O) groups excluding carboxylic acids is 1. The third-order valence-electron chi connectivity index (χ3n) is 2.27. The molecule has 2 aromatic rings. The Hall–Kier alpha value is -0.780. The van der Waals surface area contributed by atoms with Gasteiger partial charge in [0.05, 0.1) is 10.6 Å². The minimum Gasteiger partial charge on any atom is -0.322 e. The second kappa shape index (κ2) is 5.91. The fourth-order valence-electron chi connectivity index (χ4n) is 1.44. The van der Waals surface area contributed by atoms with Crippen LogP contribution in [-0.2, 0) is 0 Å². The Balaban J connectivity index is 2.30. The molecule has 18 heavy (non-hydrogen) atoms. The van der Waals surface area contributed by atoms with Gasteiger partial charge in [-0.25, -0.2) is 0 Å². The van der Waals surface area contributed by atoms with Crippen molar-refractivity contribution in [1.82, 2.24) is 0 Å². The third kappa shape index (κ3) is 3.16. The van der Waals surface area contributed by atoms with Crippen molar-refractivity contribution in [1.29, 1.82) is 0 Å². The molecule has 0 saturated heterocycles. The summed E-state index contributed by atoms with van der Waals surface area (Å²) in [6.45, 7) is 0. The zero-order chi connectivity index (χ0) is 13.1. The number of anilines is 1. The molecule has 2 nitrogen and oxygen atoms in total. The Kier molecular flexibility index (Phi) is 4.48. The topological polar surface area (TPSA) is 29.1 Å². The summed E-state index contributed by atoms with van der Waals surface area (Å²) in [7, 11) is 0. The summed E-state index contributed by atoms with van der Waals surface area (Å²) in [4.78, 5) is 12.1. The van der Waals surface area contributed by atoms with Gasteiger partial charge in [-0.05, 0) is 46.9 Å². The Morgan fingerprint density at radius 2 is 1.78 bits per heavy atom. The zero-order valence-corrected chi connectivity index (χ0v) is 12.8. The van der Waals surface area contributed by atoms with Crippen LogP contribution in [0, 0.1) is 3.57 Å². The molecule has 1 N–H and O–H groups in total. The Morgan fingerprint density at radius 3 is 2.44 bits per heavy atom. The minimum absolute atomic E-state index is 0.227. The molecule has 0 heterocycles. The molecule has 2 rings (SSSR count). The predicted octanol–water partition coefficient (Wildman–Crippen LogP) is 4.85. The molecule has 0 spiro atoms. The van der Waals surface area contributed by atoms with Gasteiger partial charge >= 0.3 is 0 Å². The maximum atomic E-state index is 12.1. The van der Waals surface area contributed by atoms with E-state index >= 15 is 0 Å². The van der Waals surface area contributed by atoms with Gasteiger partial charge in [-0.3, -0.25) is 4.79 Å². The first-order valence-electron chi connectivity index (χ1n) is 5.09. The van der Waals surface area contributed by atoms with Gasteiger partial charge in [0.1, 0.15) is 0 Å². The van der Waals surface area contributed by atoms with E-state index in [0.29, 0.717) is 19.2 Å². The number of rotatable bonds is 2. The van der Waals surface area contributed by atoms with Crippen molar-refractivity contribution < 1.29 is 4.79 Å². The van der Waals surface area contributed by atoms with Crippen LogP contribution in [0.25, 0.3) is 0 Å². The largest absolute Gasteiger partial charge is 0.322 e. The second-order valence-electron chi connectivity index (χ2n) is 3.57. The molecule has 5 heteroatoms. The van der Waals surface area contributed by atoms with Gasteiger partial charge in [0.25, 0.3) is 5.91 Å². The van der Waals surface area contributed by atoms with Crippen LogP contribution >= 0.6 is 45.8 Å². The highest BCUT2D eigenvalue weighted by Crippen LogP contribution is 2.27. The molecule has 92 valence electrons. The molecule has 0 aliphatic heterocycles. The van der Waals surface area contributed by atoms with Crippen molar-refractivity contribution in [2.75, 3.05) is 5.32 Å². The summed E-state index contributed by atoms with van der Waals surface area (Å²) >= 11 is 13.9. The van der Waals surface area contributed by atoms with Crippen LogP contribution in [0.2, 0.25) is 10.0 Å². The van der Waals surface area contributed by atoms with Crippen molar-refractivity contribution in [3.05, 3.63) is 61.6 Å². The molecular formula is C13H8Cl2INO. The Morgan fingerprint density at radius 1 is 1.11 bits per heavy atom. The lowest BCUT2D eigenvalue weighted by atomic mass is 10.2. The van der Waals surface area contributed by atoms with Crippen molar-refractivity contribution in [3.63, 3.8) is 0 Å². The lowest BCUT2D eigenvalue weighted by Gasteiger charge is -2.08. The van der Waals surface area contributed by atoms with E-state index in [9.17, 15) is 4.79 Å². The summed E-state index contributed by atoms with van der Waals surface area (Å²) in [6.07, 6.45) is 0. The van der Waals surface area contributed by atoms with Crippen molar-refractivity contribution in [2.24, 2.45) is 0 Å². The van der Waals surface area contributed by atoms with E-state index in [-0.39, 0.29) is 5.91 Å². The number of nitrogens with one attached hydrogen (secondary N) is 1. The maximum absolute atomic E-state index is 12.1. The molecule has 0 fully saturated rings. The normalized spacial score (nSPS) is 10.2. The molecule has 0 aliphatic carbocycles. The smallest absolute Gasteiger partial charge is 0.256 e. The summed E-state index contributed by atoms with van der Waals surface area (Å²) in [5, 5.41) is 3.71. The van der Waals surface area contributed by atoms with Crippen LogP contribution in [0.3, 0.4) is 0 Å². The number of halogens is 3. The second-order valence-corrected chi connectivity index (χ2v) is 5.49. The molecule has 0 unspecified atom stereocenters. The monoisotopic (exact) mass is 391 g/mol. The fourth-order valence-corrected chi connectivity index (χ4v) is 2.49. The first-order chi connectivity index (χ1) is 8.58. The molecule has 1 amide bonds. The molecular weight excluding hydrogens is 384 g/mol. The first-order valence-corrected chi connectivity index (χ1v) is 6.92. The number of hydrogen-bond donors (Lipinski definition) is 1. The van der Waals surface area contributed by atoms with Crippen molar-refractivity contribution in [2.45, 2.75) is 0 Å². The van der Waals surface area contributed by atoms with Crippen molar-refractivity contribution in [3.8, 4) is 0 Å². The molecule has 0 aromatic heterocycles. The van der Waals surface area contributed by atoms with E-state index in [2.05, 4.69) is 5.32 Å². The van der Waals surface area contributed by atoms with E-state index in [4.69, 9.17) is 23.2 Å². The Labute approximate surface area is 128 Å². The molecule has 0 atom stereocenters. The highest BCUT2D eigenvalue weighted by molar-refractivity contribution is 14.1. The number of amides is 1. The quantitative estimate of drug-likeness (QED) is 0.575. The number of para-hydroxylation sites is 1. The number of benzene rings is 2. The van der Waals surface area contributed by atoms with E-state index in [1.165, 1.54) is 0 Å². The average Bonchev–Trinajstić information content (AvgIpc) is 2.35. The zero-order valence-electron chi connectivity index (χ0n) is 9.08. The third-order valence-corrected chi connectivity index (χ3v) is 4.27. The van der Waals surface area contributed by atoms with E-state index in [1.807, 2.05) is 52.9 Å². The molecule has 0 radical (unpaired) electrons. The Bertz CT molecular complexity index is 587. The maximum Gasteiger partial charge on any atom is 0.256 e. The lowest BCUT2D eigenvalue weighted by molar-refractivity contribution is 0.102. The van der Waals surface area contributed by atoms with Crippen LogP contribution in [0.15, 0.2) is 42.5 Å². The highest BCUT2D eigenvalue weighted by Gasteiger charge is 2.14. The van der Waals surface area contributed by atoms with Gasteiger partial charge < -0.3 is 5.32 Å². The minimum atomic E-state index is -0.227. The van der Waals surface area contributed by atoms with E-state index in [0.717, 1.165) is 5.69 Å². The van der Waals surface area contributed by atoms with Crippen LogP contribution in [-0.4, -0.2) is 5.91 Å². The van der Waals surface area contributed by atoms with Gasteiger partial charge in [0.2, 0.25) is 0 Å². The number of hydrogen-bond acceptors (Lipinski definition) is 1. The molecule has 0 aliphatic rings. The summed E-state index contributed by atoms with van der Waals surface area (Å²) in [6, 6.07) is 12.4. The number of carbonyl (C=O) groups is 1. The van der Waals surface area contributed by atoms with Crippen LogP contribution in [0.1, 0.15) is 10.4 Å². The summed E-state index contributed by atoms with van der Waals surface area (Å²) in [5.41, 5.74) is 1.20. The van der Waals surface area contributed by atoms with Crippen LogP contribution < -0.4 is 5.32 Å². The van der Waals surface area contributed by atoms with Gasteiger partial charge in [0, 0.05) is 14.3 Å². The average molecular weight is 392 g/mol. The SMILES string of the molecule is O=C(Nc1ccccc1)c1cc(Cl)cc(Cl)c1I. The van der Waals surface area contributed by atoms with Gasteiger partial charge in [-0.2, -0.15) is 0 Å². The molecule has 0 bridgehead atoms. The van der Waals surface area contributed by atoms with Crippen LogP contribution in [0.4, 0.5) is 5.69 Å². The standard InChI is InChI=1S/C13H8Cl2INO/c14-8-6-10(12(16)11(15)7-8)13(18)17-9-4-2-1-3-5-9/h1-7H,(H,17,18). The van der Waals surface area contributed by atoms with Gasteiger partial charge in [-0.15, -0.1) is 0 Å². The fraction of sp³-hybridized carbons (Fsp3) is 0. The predicted molar refractivity (Wildman–Crippen MR) is 83.6 cm³/mol. The lowest BCUT2D eigenvalue weighted by Crippen LogP contribution is -2.13. The van der Waals surface area contributed by atoms with Gasteiger partial charge in [0.15, 0.2) is 0 Å². The van der Waals surface area contributed by atoms with Crippen LogP contribution in [0.5, 0.6) is 0 Å². The van der Waals surface area contributed by atoms with Gasteiger partial charge in [-0.1, -0.05) is 41.4 Å². The van der Waals surface area contributed by atoms with Crippen molar-refractivity contribution >= 4 is 57.4 Å². The van der Waals surface area contributed by atoms with E-state index < -0.39 is 0 Å². The van der Waals surface area contributed by atoms with E-state index in [1.54, 1.807) is 12.1 Å². The highest BCUT2D eigenvalue weighted by atomic mass is 127. The molecule has 0 saturated carbocycles. The summed E-state index contributed by atoms with van der Waals surface area (Å²) < 4.78 is 0.687. The first kappa shape index (κ1) is 13.6. The molecule has 2 aromatic carbocycles.